The lowest BCUT2D eigenvalue weighted by Gasteiger charge is -2.07. The molecule has 1 aromatic heterocycles. The summed E-state index contributed by atoms with van der Waals surface area (Å²) in [5.41, 5.74) is 1.36. The fraction of sp³-hybridized carbons (Fsp3) is 0.667. The van der Waals surface area contributed by atoms with E-state index in [0.29, 0.717) is 0 Å². The fourth-order valence-corrected chi connectivity index (χ4v) is 2.02. The normalized spacial score (nSPS) is 21.0. The molecule has 0 spiro atoms. The van der Waals surface area contributed by atoms with Crippen LogP contribution in [0.25, 0.3) is 0 Å². The fourth-order valence-electron chi connectivity index (χ4n) is 2.02. The molecular weight excluding hydrogens is 188 g/mol. The van der Waals surface area contributed by atoms with Gasteiger partial charge in [0.1, 0.15) is 0 Å². The minimum atomic E-state index is 0.785. The second kappa shape index (κ2) is 5.33. The van der Waals surface area contributed by atoms with Crippen LogP contribution in [0.1, 0.15) is 18.4 Å². The number of rotatable bonds is 5. The van der Waals surface area contributed by atoms with E-state index < -0.39 is 0 Å². The summed E-state index contributed by atoms with van der Waals surface area (Å²) < 4.78 is 7.43. The summed E-state index contributed by atoms with van der Waals surface area (Å²) in [6.45, 7) is 4.01. The van der Waals surface area contributed by atoms with Gasteiger partial charge in [-0.1, -0.05) is 0 Å². The number of hydrogen-bond donors (Lipinski definition) is 1. The molecule has 2 rings (SSSR count). The van der Waals surface area contributed by atoms with E-state index >= 15 is 0 Å². The highest BCUT2D eigenvalue weighted by Crippen LogP contribution is 2.15. The molecule has 0 amide bonds. The maximum atomic E-state index is 5.34. The van der Waals surface area contributed by atoms with E-state index in [1.165, 1.54) is 18.4 Å². The van der Waals surface area contributed by atoms with Crippen molar-refractivity contribution in [2.24, 2.45) is 13.0 Å². The van der Waals surface area contributed by atoms with E-state index in [9.17, 15) is 0 Å². The molecule has 0 bridgehead atoms. The van der Waals surface area contributed by atoms with Crippen molar-refractivity contribution in [2.75, 3.05) is 19.8 Å². The van der Waals surface area contributed by atoms with Crippen LogP contribution in [-0.4, -0.2) is 24.3 Å². The Hall–Kier alpha value is -0.800. The molecule has 0 aliphatic carbocycles. The standard InChI is InChI=1S/C12H20N2O/c1-14-6-3-12(9-14)8-13-5-2-11-4-7-15-10-11/h3,6,9,11,13H,2,4-5,7-8,10H2,1H3. The third kappa shape index (κ3) is 3.36. The molecule has 1 aliphatic heterocycles. The average Bonchev–Trinajstić information content (AvgIpc) is 2.84. The molecule has 0 aromatic carbocycles. The molecule has 1 N–H and O–H groups in total. The van der Waals surface area contributed by atoms with E-state index in [4.69, 9.17) is 4.74 Å². The number of ether oxygens (including phenoxy) is 1. The van der Waals surface area contributed by atoms with Gasteiger partial charge in [-0.25, -0.2) is 0 Å². The van der Waals surface area contributed by atoms with Gasteiger partial charge in [0.05, 0.1) is 0 Å². The number of aromatic nitrogens is 1. The Balaban J connectivity index is 1.58. The van der Waals surface area contributed by atoms with Crippen LogP contribution < -0.4 is 5.32 Å². The number of hydrogen-bond acceptors (Lipinski definition) is 2. The van der Waals surface area contributed by atoms with Gasteiger partial charge in [0.2, 0.25) is 0 Å². The van der Waals surface area contributed by atoms with Gasteiger partial charge >= 0.3 is 0 Å². The molecule has 15 heavy (non-hydrogen) atoms. The topological polar surface area (TPSA) is 26.2 Å². The number of aryl methyl sites for hydroxylation is 1. The highest BCUT2D eigenvalue weighted by Gasteiger charge is 2.14. The van der Waals surface area contributed by atoms with Gasteiger partial charge in [0.15, 0.2) is 0 Å². The summed E-state index contributed by atoms with van der Waals surface area (Å²) in [6, 6.07) is 2.16. The van der Waals surface area contributed by atoms with Crippen LogP contribution >= 0.6 is 0 Å². The van der Waals surface area contributed by atoms with Crippen molar-refractivity contribution in [3.05, 3.63) is 24.0 Å². The van der Waals surface area contributed by atoms with Crippen molar-refractivity contribution in [2.45, 2.75) is 19.4 Å². The largest absolute Gasteiger partial charge is 0.381 e. The molecule has 3 heteroatoms. The predicted molar refractivity (Wildman–Crippen MR) is 60.7 cm³/mol. The van der Waals surface area contributed by atoms with E-state index in [2.05, 4.69) is 35.4 Å². The van der Waals surface area contributed by atoms with Gasteiger partial charge in [-0.3, -0.25) is 0 Å². The van der Waals surface area contributed by atoms with E-state index in [1.807, 2.05) is 0 Å². The molecule has 1 aromatic rings. The van der Waals surface area contributed by atoms with Gasteiger partial charge in [-0.2, -0.15) is 0 Å². The lowest BCUT2D eigenvalue weighted by molar-refractivity contribution is 0.184. The Kier molecular flexibility index (Phi) is 3.80. The highest BCUT2D eigenvalue weighted by atomic mass is 16.5. The van der Waals surface area contributed by atoms with Crippen molar-refractivity contribution < 1.29 is 4.74 Å². The van der Waals surface area contributed by atoms with Crippen LogP contribution in [0.4, 0.5) is 0 Å². The maximum Gasteiger partial charge on any atom is 0.0495 e. The smallest absolute Gasteiger partial charge is 0.0495 e. The van der Waals surface area contributed by atoms with Crippen molar-refractivity contribution in [1.29, 1.82) is 0 Å². The van der Waals surface area contributed by atoms with Crippen LogP contribution in [0.5, 0.6) is 0 Å². The SMILES string of the molecule is Cn1ccc(CNCCC2CCOC2)c1. The molecule has 1 atom stereocenters. The lowest BCUT2D eigenvalue weighted by Crippen LogP contribution is -2.17. The number of nitrogens with zero attached hydrogens (tertiary/aromatic N) is 1. The minimum absolute atomic E-state index is 0.785. The molecule has 2 heterocycles. The first-order chi connectivity index (χ1) is 7.34. The zero-order valence-corrected chi connectivity index (χ0v) is 9.41. The van der Waals surface area contributed by atoms with Crippen LogP contribution in [0.2, 0.25) is 0 Å². The summed E-state index contributed by atoms with van der Waals surface area (Å²) in [4.78, 5) is 0. The lowest BCUT2D eigenvalue weighted by atomic mass is 10.1. The van der Waals surface area contributed by atoms with Gasteiger partial charge in [0.25, 0.3) is 0 Å². The quantitative estimate of drug-likeness (QED) is 0.743. The van der Waals surface area contributed by atoms with Gasteiger partial charge < -0.3 is 14.6 Å². The maximum absolute atomic E-state index is 5.34. The van der Waals surface area contributed by atoms with Crippen LogP contribution in [0.15, 0.2) is 18.5 Å². The van der Waals surface area contributed by atoms with Gasteiger partial charge in [0, 0.05) is 39.2 Å². The van der Waals surface area contributed by atoms with Crippen molar-refractivity contribution in [3.63, 3.8) is 0 Å². The zero-order valence-electron chi connectivity index (χ0n) is 9.41. The van der Waals surface area contributed by atoms with E-state index in [0.717, 1.165) is 32.2 Å². The molecule has 3 nitrogen and oxygen atoms in total. The first-order valence-corrected chi connectivity index (χ1v) is 5.74. The highest BCUT2D eigenvalue weighted by molar-refractivity contribution is 5.09. The molecule has 1 aliphatic rings. The van der Waals surface area contributed by atoms with E-state index in [1.54, 1.807) is 0 Å². The van der Waals surface area contributed by atoms with Gasteiger partial charge in [-0.15, -0.1) is 0 Å². The molecule has 0 saturated carbocycles. The summed E-state index contributed by atoms with van der Waals surface area (Å²) in [5.74, 6) is 0.785. The third-order valence-corrected chi connectivity index (χ3v) is 2.98. The van der Waals surface area contributed by atoms with Crippen LogP contribution in [-0.2, 0) is 18.3 Å². The van der Waals surface area contributed by atoms with Crippen LogP contribution in [0.3, 0.4) is 0 Å². The van der Waals surface area contributed by atoms with E-state index in [-0.39, 0.29) is 0 Å². The Morgan fingerprint density at radius 3 is 3.20 bits per heavy atom. The average molecular weight is 208 g/mol. The molecule has 0 radical (unpaired) electrons. The summed E-state index contributed by atoms with van der Waals surface area (Å²) >= 11 is 0. The second-order valence-corrected chi connectivity index (χ2v) is 4.38. The Morgan fingerprint density at radius 1 is 1.60 bits per heavy atom. The Bertz CT molecular complexity index is 290. The summed E-state index contributed by atoms with van der Waals surface area (Å²) in [6.07, 6.45) is 6.73. The molecule has 84 valence electrons. The molecule has 1 saturated heterocycles. The van der Waals surface area contributed by atoms with Gasteiger partial charge in [-0.05, 0) is 36.9 Å². The molecule has 1 fully saturated rings. The van der Waals surface area contributed by atoms with Crippen molar-refractivity contribution >= 4 is 0 Å². The monoisotopic (exact) mass is 208 g/mol. The predicted octanol–water partition coefficient (Wildman–Crippen LogP) is 1.54. The minimum Gasteiger partial charge on any atom is -0.381 e. The summed E-state index contributed by atoms with van der Waals surface area (Å²) in [7, 11) is 2.05. The third-order valence-electron chi connectivity index (χ3n) is 2.98. The van der Waals surface area contributed by atoms with Crippen molar-refractivity contribution in [3.8, 4) is 0 Å². The first-order valence-electron chi connectivity index (χ1n) is 5.74. The Morgan fingerprint density at radius 2 is 2.53 bits per heavy atom. The Labute approximate surface area is 91.4 Å². The second-order valence-electron chi connectivity index (χ2n) is 4.38. The number of nitrogens with one attached hydrogen (secondary N) is 1. The summed E-state index contributed by atoms with van der Waals surface area (Å²) in [5, 5.41) is 3.47. The van der Waals surface area contributed by atoms with Crippen molar-refractivity contribution in [1.82, 2.24) is 9.88 Å². The first kappa shape index (κ1) is 10.7. The molecule has 1 unspecified atom stereocenters. The molecular formula is C12H20N2O. The zero-order chi connectivity index (χ0) is 10.5. The van der Waals surface area contributed by atoms with Crippen LogP contribution in [0, 0.1) is 5.92 Å².